The van der Waals surface area contributed by atoms with Crippen molar-refractivity contribution in [2.45, 2.75) is 32.1 Å². The summed E-state index contributed by atoms with van der Waals surface area (Å²) in [4.78, 5) is 15.5. The van der Waals surface area contributed by atoms with E-state index in [1.165, 1.54) is 5.56 Å². The summed E-state index contributed by atoms with van der Waals surface area (Å²) in [6, 6.07) is 4.10. The maximum Gasteiger partial charge on any atom is 0.158 e. The van der Waals surface area contributed by atoms with Crippen LogP contribution in [0.4, 0.5) is 0 Å². The first kappa shape index (κ1) is 10.1. The highest BCUT2D eigenvalue weighted by Crippen LogP contribution is 2.33. The van der Waals surface area contributed by atoms with E-state index in [1.807, 2.05) is 37.5 Å². The van der Waals surface area contributed by atoms with Crippen LogP contribution in [0.3, 0.4) is 0 Å². The van der Waals surface area contributed by atoms with E-state index in [-0.39, 0.29) is 0 Å². The normalized spacial score (nSPS) is 24.5. The molecule has 0 unspecified atom stereocenters. The number of rotatable bonds is 1. The Morgan fingerprint density at radius 1 is 1.40 bits per heavy atom. The first-order valence-corrected chi connectivity index (χ1v) is 5.39. The Labute approximate surface area is 90.0 Å². The van der Waals surface area contributed by atoms with Crippen molar-refractivity contribution in [1.82, 2.24) is 4.98 Å². The Hall–Kier alpha value is -1.44. The van der Waals surface area contributed by atoms with Crippen molar-refractivity contribution in [2.75, 3.05) is 0 Å². The lowest BCUT2D eigenvalue weighted by Crippen LogP contribution is -2.15. The van der Waals surface area contributed by atoms with Crippen molar-refractivity contribution in [3.05, 3.63) is 41.7 Å². The third kappa shape index (κ3) is 2.14. The molecule has 0 amide bonds. The van der Waals surface area contributed by atoms with Crippen LogP contribution in [0.5, 0.6) is 0 Å². The van der Waals surface area contributed by atoms with Crippen molar-refractivity contribution < 1.29 is 4.79 Å². The highest BCUT2D eigenvalue weighted by Gasteiger charge is 2.23. The van der Waals surface area contributed by atoms with Gasteiger partial charge in [0.05, 0.1) is 0 Å². The number of carbonyl (C=O) groups excluding carboxylic acids is 1. The molecule has 0 radical (unpaired) electrons. The third-order valence-electron chi connectivity index (χ3n) is 3.07. The van der Waals surface area contributed by atoms with Crippen LogP contribution in [0, 0.1) is 0 Å². The molecule has 15 heavy (non-hydrogen) atoms. The fraction of sp³-hybridized carbons (Fsp3) is 0.385. The van der Waals surface area contributed by atoms with Crippen LogP contribution < -0.4 is 0 Å². The van der Waals surface area contributed by atoms with Crippen LogP contribution in [0.15, 0.2) is 36.2 Å². The van der Waals surface area contributed by atoms with E-state index in [1.54, 1.807) is 0 Å². The fourth-order valence-corrected chi connectivity index (χ4v) is 2.15. The van der Waals surface area contributed by atoms with E-state index >= 15 is 0 Å². The molecule has 2 heteroatoms. The van der Waals surface area contributed by atoms with Crippen LogP contribution in [0.2, 0.25) is 0 Å². The van der Waals surface area contributed by atoms with E-state index in [9.17, 15) is 4.79 Å². The van der Waals surface area contributed by atoms with E-state index in [0.29, 0.717) is 18.1 Å². The Morgan fingerprint density at radius 2 is 2.13 bits per heavy atom. The summed E-state index contributed by atoms with van der Waals surface area (Å²) in [5.41, 5.74) is 2.29. The molecule has 1 aromatic rings. The summed E-state index contributed by atoms with van der Waals surface area (Å²) < 4.78 is 0. The van der Waals surface area contributed by atoms with Gasteiger partial charge in [-0.2, -0.15) is 0 Å². The van der Waals surface area contributed by atoms with Gasteiger partial charge in [0.2, 0.25) is 0 Å². The molecule has 1 heterocycles. The number of allylic oxidation sites excluding steroid dienone is 2. The van der Waals surface area contributed by atoms with Gasteiger partial charge in [-0.05, 0) is 49.0 Å². The molecular weight excluding hydrogens is 186 g/mol. The predicted octanol–water partition coefficient (Wildman–Crippen LogP) is 2.86. The second kappa shape index (κ2) is 4.39. The molecule has 0 N–H and O–H groups in total. The third-order valence-corrected chi connectivity index (χ3v) is 3.07. The minimum atomic E-state index is 0.322. The summed E-state index contributed by atoms with van der Waals surface area (Å²) in [5, 5.41) is 0. The highest BCUT2D eigenvalue weighted by atomic mass is 16.1. The molecule has 0 saturated heterocycles. The SMILES string of the molecule is C/C=C1/C[C@@H](c2ccncc2)CCC1=O. The molecule has 0 bridgehead atoms. The molecule has 1 aliphatic carbocycles. The smallest absolute Gasteiger partial charge is 0.158 e. The van der Waals surface area contributed by atoms with Crippen molar-refractivity contribution in [2.24, 2.45) is 0 Å². The zero-order chi connectivity index (χ0) is 10.7. The number of ketones is 1. The Morgan fingerprint density at radius 3 is 2.80 bits per heavy atom. The molecule has 0 spiro atoms. The summed E-state index contributed by atoms with van der Waals surface area (Å²) in [6.07, 6.45) is 8.14. The molecule has 0 aliphatic heterocycles. The van der Waals surface area contributed by atoms with Crippen molar-refractivity contribution in [1.29, 1.82) is 0 Å². The highest BCUT2D eigenvalue weighted by molar-refractivity contribution is 5.96. The minimum Gasteiger partial charge on any atom is -0.295 e. The topological polar surface area (TPSA) is 30.0 Å². The standard InChI is InChI=1S/C13H15NO/c1-2-10-9-12(3-4-13(10)15)11-5-7-14-8-6-11/h2,5-8,12H,3-4,9H2,1H3/b10-2-/t12-/m0/s1. The molecule has 1 saturated carbocycles. The van der Waals surface area contributed by atoms with Gasteiger partial charge in [-0.25, -0.2) is 0 Å². The second-order valence-corrected chi connectivity index (χ2v) is 3.96. The number of pyridine rings is 1. The minimum absolute atomic E-state index is 0.322. The molecule has 1 fully saturated rings. The molecular formula is C13H15NO. The Balaban J connectivity index is 2.17. The second-order valence-electron chi connectivity index (χ2n) is 3.96. The van der Waals surface area contributed by atoms with Crippen LogP contribution in [0.1, 0.15) is 37.7 Å². The van der Waals surface area contributed by atoms with Crippen LogP contribution in [0.25, 0.3) is 0 Å². The average molecular weight is 201 g/mol. The van der Waals surface area contributed by atoms with E-state index in [0.717, 1.165) is 18.4 Å². The summed E-state index contributed by atoms with van der Waals surface area (Å²) in [6.45, 7) is 1.95. The number of carbonyl (C=O) groups is 1. The average Bonchev–Trinajstić information content (AvgIpc) is 2.31. The fourth-order valence-electron chi connectivity index (χ4n) is 2.15. The van der Waals surface area contributed by atoms with Gasteiger partial charge in [-0.15, -0.1) is 0 Å². The number of hydrogen-bond donors (Lipinski definition) is 0. The first-order chi connectivity index (χ1) is 7.31. The summed E-state index contributed by atoms with van der Waals surface area (Å²) in [5.74, 6) is 0.819. The maximum absolute atomic E-state index is 11.5. The number of aromatic nitrogens is 1. The number of nitrogens with zero attached hydrogens (tertiary/aromatic N) is 1. The van der Waals surface area contributed by atoms with Gasteiger partial charge in [-0.1, -0.05) is 6.08 Å². The van der Waals surface area contributed by atoms with Crippen LogP contribution >= 0.6 is 0 Å². The quantitative estimate of drug-likeness (QED) is 0.654. The van der Waals surface area contributed by atoms with Gasteiger partial charge < -0.3 is 0 Å². The summed E-state index contributed by atoms with van der Waals surface area (Å²) in [7, 11) is 0. The van der Waals surface area contributed by atoms with E-state index in [2.05, 4.69) is 4.98 Å². The lowest BCUT2D eigenvalue weighted by atomic mass is 9.81. The molecule has 1 aromatic heterocycles. The molecule has 1 atom stereocenters. The molecule has 78 valence electrons. The van der Waals surface area contributed by atoms with Crippen molar-refractivity contribution in [3.63, 3.8) is 0 Å². The van der Waals surface area contributed by atoms with Gasteiger partial charge in [0.15, 0.2) is 5.78 Å². The zero-order valence-electron chi connectivity index (χ0n) is 8.94. The molecule has 0 aromatic carbocycles. The van der Waals surface area contributed by atoms with Crippen LogP contribution in [-0.4, -0.2) is 10.8 Å². The van der Waals surface area contributed by atoms with Gasteiger partial charge in [0.25, 0.3) is 0 Å². The number of hydrogen-bond acceptors (Lipinski definition) is 2. The summed E-state index contributed by atoms with van der Waals surface area (Å²) >= 11 is 0. The Kier molecular flexibility index (Phi) is 2.95. The lowest BCUT2D eigenvalue weighted by Gasteiger charge is -2.23. The van der Waals surface area contributed by atoms with E-state index in [4.69, 9.17) is 0 Å². The predicted molar refractivity (Wildman–Crippen MR) is 59.6 cm³/mol. The van der Waals surface area contributed by atoms with Gasteiger partial charge in [-0.3, -0.25) is 9.78 Å². The zero-order valence-corrected chi connectivity index (χ0v) is 8.94. The molecule has 2 nitrogen and oxygen atoms in total. The first-order valence-electron chi connectivity index (χ1n) is 5.39. The molecule has 2 rings (SSSR count). The largest absolute Gasteiger partial charge is 0.295 e. The molecule has 1 aliphatic rings. The van der Waals surface area contributed by atoms with Gasteiger partial charge in [0, 0.05) is 18.8 Å². The van der Waals surface area contributed by atoms with Gasteiger partial charge in [0.1, 0.15) is 0 Å². The van der Waals surface area contributed by atoms with Gasteiger partial charge >= 0.3 is 0 Å². The lowest BCUT2D eigenvalue weighted by molar-refractivity contribution is -0.116. The van der Waals surface area contributed by atoms with Crippen LogP contribution in [-0.2, 0) is 4.79 Å². The maximum atomic E-state index is 11.5. The monoisotopic (exact) mass is 201 g/mol. The number of Topliss-reactive ketones (excluding diaryl/α,β-unsaturated/α-hetero) is 1. The van der Waals surface area contributed by atoms with Crippen molar-refractivity contribution >= 4 is 5.78 Å². The Bertz CT molecular complexity index is 381. The van der Waals surface area contributed by atoms with E-state index < -0.39 is 0 Å². The van der Waals surface area contributed by atoms with Crippen molar-refractivity contribution in [3.8, 4) is 0 Å².